The average molecular weight is 533 g/mol. The Morgan fingerprint density at radius 3 is 0.947 bits per heavy atom. The molecule has 0 saturated heterocycles. The summed E-state index contributed by atoms with van der Waals surface area (Å²) in [6.07, 6.45) is 7.18. The highest BCUT2D eigenvalue weighted by atomic mass is 31.1. The third-order valence-corrected chi connectivity index (χ3v) is 12.9. The first kappa shape index (κ1) is 26.8. The van der Waals surface area contributed by atoms with Gasteiger partial charge >= 0.3 is 0 Å². The van der Waals surface area contributed by atoms with E-state index < -0.39 is 15.8 Å². The fourth-order valence-corrected chi connectivity index (χ4v) is 11.2. The summed E-state index contributed by atoms with van der Waals surface area (Å²) in [5, 5.41) is 9.22. The maximum Gasteiger partial charge on any atom is -0.0154 e. The van der Waals surface area contributed by atoms with Crippen molar-refractivity contribution in [2.45, 2.75) is 52.4 Å². The van der Waals surface area contributed by atoms with Gasteiger partial charge in [-0.3, -0.25) is 0 Å². The zero-order chi connectivity index (χ0) is 26.2. The summed E-state index contributed by atoms with van der Waals surface area (Å²) in [7, 11) is -1.14. The van der Waals surface area contributed by atoms with Crippen LogP contribution in [0.25, 0.3) is 0 Å². The van der Waals surface area contributed by atoms with Crippen LogP contribution in [-0.2, 0) is 0 Å². The van der Waals surface area contributed by atoms with E-state index in [4.69, 9.17) is 0 Å². The summed E-state index contributed by atoms with van der Waals surface area (Å²) in [4.78, 5) is 0. The van der Waals surface area contributed by atoms with E-state index >= 15 is 0 Å². The quantitative estimate of drug-likeness (QED) is 0.199. The maximum absolute atomic E-state index is 2.39. The first-order chi connectivity index (χ1) is 18.8. The minimum Gasteiger partial charge on any atom is -0.0622 e. The summed E-state index contributed by atoms with van der Waals surface area (Å²) in [6, 6.07) is 45.1. The molecule has 0 heterocycles. The molecule has 0 spiro atoms. The molecule has 0 unspecified atom stereocenters. The largest absolute Gasteiger partial charge is 0.0622 e. The Bertz CT molecular complexity index is 1170. The van der Waals surface area contributed by atoms with Crippen LogP contribution >= 0.6 is 15.8 Å². The molecule has 0 nitrogen and oxygen atoms in total. The lowest BCUT2D eigenvalue weighted by Crippen LogP contribution is -2.17. The molecule has 4 aromatic rings. The van der Waals surface area contributed by atoms with Crippen molar-refractivity contribution in [3.05, 3.63) is 143 Å². The molecule has 192 valence electrons. The lowest BCUT2D eigenvalue weighted by atomic mass is 9.88. The van der Waals surface area contributed by atoms with Crippen molar-refractivity contribution in [1.29, 1.82) is 0 Å². The Labute approximate surface area is 232 Å². The first-order valence-electron chi connectivity index (χ1n) is 14.1. The van der Waals surface area contributed by atoms with Crippen molar-refractivity contribution in [2.24, 2.45) is 0 Å². The number of rotatable bonds is 8. The topological polar surface area (TPSA) is 0 Å². The van der Waals surface area contributed by atoms with Gasteiger partial charge in [-0.15, -0.1) is 0 Å². The summed E-state index contributed by atoms with van der Waals surface area (Å²) in [5.41, 5.74) is 3.35. The lowest BCUT2D eigenvalue weighted by Gasteiger charge is -2.32. The minimum atomic E-state index is -0.569. The molecule has 0 amide bonds. The normalized spacial score (nSPS) is 16.5. The standard InChI is InChI=1S/C36H38P2/c1-3-35(37(29-19-9-5-10-20-29)30-21-11-6-12-22-30)33-27-17-18-28-34(33)36(4-2)38(31-23-13-7-14-24-31)32-25-15-8-16-26-32/h5-16,19-26H,3-4,17-18,27-28H2,1-2H3/b35-33-,36-34-. The zero-order valence-corrected chi connectivity index (χ0v) is 24.5. The molecule has 1 fully saturated rings. The first-order valence-corrected chi connectivity index (χ1v) is 16.7. The van der Waals surface area contributed by atoms with Gasteiger partial charge in [0.05, 0.1) is 0 Å². The van der Waals surface area contributed by atoms with E-state index in [1.165, 1.54) is 46.9 Å². The van der Waals surface area contributed by atoms with Gasteiger partial charge in [0.25, 0.3) is 0 Å². The van der Waals surface area contributed by atoms with Crippen molar-refractivity contribution < 1.29 is 0 Å². The van der Waals surface area contributed by atoms with E-state index in [0.717, 1.165) is 12.8 Å². The number of hydrogen-bond donors (Lipinski definition) is 0. The number of allylic oxidation sites excluding steroid dienone is 4. The summed E-state index contributed by atoms with van der Waals surface area (Å²) in [6.45, 7) is 4.77. The van der Waals surface area contributed by atoms with E-state index in [1.807, 2.05) is 0 Å². The third-order valence-electron chi connectivity index (χ3n) is 7.43. The zero-order valence-electron chi connectivity index (χ0n) is 22.7. The second kappa shape index (κ2) is 13.3. The molecular formula is C36H38P2. The highest BCUT2D eigenvalue weighted by Crippen LogP contribution is 2.54. The second-order valence-corrected chi connectivity index (χ2v) is 14.3. The van der Waals surface area contributed by atoms with Crippen LogP contribution in [-0.4, -0.2) is 0 Å². The molecule has 1 saturated carbocycles. The number of hydrogen-bond acceptors (Lipinski definition) is 0. The van der Waals surface area contributed by atoms with Gasteiger partial charge in [0.1, 0.15) is 0 Å². The molecule has 0 radical (unpaired) electrons. The Morgan fingerprint density at radius 1 is 0.447 bits per heavy atom. The fourth-order valence-electron chi connectivity index (χ4n) is 5.78. The monoisotopic (exact) mass is 532 g/mol. The molecular weight excluding hydrogens is 494 g/mol. The van der Waals surface area contributed by atoms with Crippen LogP contribution in [0.2, 0.25) is 0 Å². The molecule has 1 aliphatic rings. The average Bonchev–Trinajstić information content (AvgIpc) is 3.00. The SMILES string of the molecule is CC/C(=C1\CCCC\C1=C(/CC)P(c1ccccc1)c1ccccc1)P(c1ccccc1)c1ccccc1. The van der Waals surface area contributed by atoms with Crippen LogP contribution in [0.1, 0.15) is 52.4 Å². The minimum absolute atomic E-state index is 0.569. The van der Waals surface area contributed by atoms with Gasteiger partial charge in [-0.25, -0.2) is 0 Å². The highest BCUT2D eigenvalue weighted by molar-refractivity contribution is 7.77. The van der Waals surface area contributed by atoms with Crippen molar-refractivity contribution in [1.82, 2.24) is 0 Å². The van der Waals surface area contributed by atoms with Gasteiger partial charge in [-0.05, 0) is 97.4 Å². The van der Waals surface area contributed by atoms with Crippen LogP contribution in [0.4, 0.5) is 0 Å². The summed E-state index contributed by atoms with van der Waals surface area (Å²) >= 11 is 0. The summed E-state index contributed by atoms with van der Waals surface area (Å²) in [5.74, 6) is 0. The molecule has 4 aromatic carbocycles. The van der Waals surface area contributed by atoms with Crippen LogP contribution in [0.5, 0.6) is 0 Å². The van der Waals surface area contributed by atoms with Crippen LogP contribution in [0.15, 0.2) is 143 Å². The Morgan fingerprint density at radius 2 is 0.711 bits per heavy atom. The van der Waals surface area contributed by atoms with Gasteiger partial charge in [-0.1, -0.05) is 135 Å². The molecule has 0 aromatic heterocycles. The van der Waals surface area contributed by atoms with Crippen molar-refractivity contribution in [3.8, 4) is 0 Å². The van der Waals surface area contributed by atoms with Crippen LogP contribution in [0.3, 0.4) is 0 Å². The Hall–Kier alpha value is -2.78. The van der Waals surface area contributed by atoms with Gasteiger partial charge in [0.2, 0.25) is 0 Å². The predicted molar refractivity (Wildman–Crippen MR) is 171 cm³/mol. The molecule has 0 bridgehead atoms. The molecule has 5 rings (SSSR count). The van der Waals surface area contributed by atoms with E-state index in [2.05, 4.69) is 135 Å². The fraction of sp³-hybridized carbons (Fsp3) is 0.222. The van der Waals surface area contributed by atoms with Crippen molar-refractivity contribution >= 4 is 37.1 Å². The van der Waals surface area contributed by atoms with Crippen LogP contribution in [0, 0.1) is 0 Å². The molecule has 38 heavy (non-hydrogen) atoms. The Balaban J connectivity index is 1.75. The lowest BCUT2D eigenvalue weighted by molar-refractivity contribution is 0.671. The van der Waals surface area contributed by atoms with E-state index in [-0.39, 0.29) is 0 Å². The number of benzene rings is 4. The molecule has 1 aliphatic carbocycles. The second-order valence-electron chi connectivity index (χ2n) is 9.78. The van der Waals surface area contributed by atoms with E-state index in [9.17, 15) is 0 Å². The van der Waals surface area contributed by atoms with Gasteiger partial charge in [-0.2, -0.15) is 0 Å². The highest BCUT2D eigenvalue weighted by Gasteiger charge is 2.28. The van der Waals surface area contributed by atoms with Gasteiger partial charge < -0.3 is 0 Å². The third kappa shape index (κ3) is 5.94. The van der Waals surface area contributed by atoms with E-state index in [0.29, 0.717) is 0 Å². The maximum atomic E-state index is 2.39. The Kier molecular flexibility index (Phi) is 9.41. The molecule has 0 aliphatic heterocycles. The van der Waals surface area contributed by atoms with Gasteiger partial charge in [0.15, 0.2) is 0 Å². The smallest absolute Gasteiger partial charge is 0.0154 e. The van der Waals surface area contributed by atoms with Crippen LogP contribution < -0.4 is 21.2 Å². The summed E-state index contributed by atoms with van der Waals surface area (Å²) < 4.78 is 0. The molecule has 0 atom stereocenters. The predicted octanol–water partition coefficient (Wildman–Crippen LogP) is 9.15. The molecule has 0 N–H and O–H groups in total. The van der Waals surface area contributed by atoms with Crippen molar-refractivity contribution in [3.63, 3.8) is 0 Å². The van der Waals surface area contributed by atoms with Crippen molar-refractivity contribution in [2.75, 3.05) is 0 Å². The molecule has 2 heteroatoms. The van der Waals surface area contributed by atoms with Gasteiger partial charge in [0, 0.05) is 0 Å². The van der Waals surface area contributed by atoms with E-state index in [1.54, 1.807) is 21.8 Å².